The van der Waals surface area contributed by atoms with E-state index in [0.717, 1.165) is 20.4 Å². The van der Waals surface area contributed by atoms with Gasteiger partial charge in [-0.3, -0.25) is 23.7 Å². The number of rotatable bonds is 6. The molecular weight excluding hydrogens is 388 g/mol. The zero-order chi connectivity index (χ0) is 21.8. The van der Waals surface area contributed by atoms with Crippen LogP contribution in [0.1, 0.15) is 32.0 Å². The van der Waals surface area contributed by atoms with E-state index in [1.807, 2.05) is 6.07 Å². The van der Waals surface area contributed by atoms with Gasteiger partial charge in [-0.2, -0.15) is 0 Å². The Morgan fingerprint density at radius 1 is 1.10 bits per heavy atom. The number of benzene rings is 1. The van der Waals surface area contributed by atoms with Gasteiger partial charge in [0.15, 0.2) is 6.61 Å². The van der Waals surface area contributed by atoms with Gasteiger partial charge in [-0.15, -0.1) is 0 Å². The molecule has 3 rings (SSSR count). The zero-order valence-electron chi connectivity index (χ0n) is 16.5. The molecule has 0 amide bonds. The van der Waals surface area contributed by atoms with Crippen LogP contribution in [0, 0.1) is 6.92 Å². The summed E-state index contributed by atoms with van der Waals surface area (Å²) in [5.74, 6) is -1.84. The molecule has 0 bridgehead atoms. The van der Waals surface area contributed by atoms with Crippen molar-refractivity contribution in [3.05, 3.63) is 91.9 Å². The molecule has 30 heavy (non-hydrogen) atoms. The van der Waals surface area contributed by atoms with E-state index in [1.54, 1.807) is 37.3 Å². The third-order valence-electron chi connectivity index (χ3n) is 4.53. The standard InChI is InChI=1S/C21H20N4O5/c1-13-8-9-15(10-23-13)20(28)30-12-16(26)17-18(22)25(21(29)24(2)19(17)27)11-14-6-4-3-5-7-14/h3-10H,11-12,22H2,1-2H3. The maximum Gasteiger partial charge on any atom is 0.340 e. The number of ether oxygens (including phenoxy) is 1. The number of aryl methyl sites for hydroxylation is 1. The Labute approximate surface area is 171 Å². The molecule has 0 spiro atoms. The molecule has 0 saturated heterocycles. The number of ketones is 1. The second kappa shape index (κ2) is 8.56. The van der Waals surface area contributed by atoms with E-state index < -0.39 is 35.2 Å². The average molecular weight is 408 g/mol. The van der Waals surface area contributed by atoms with E-state index in [-0.39, 0.29) is 17.9 Å². The van der Waals surface area contributed by atoms with Gasteiger partial charge in [0.05, 0.1) is 12.1 Å². The molecular formula is C21H20N4O5. The average Bonchev–Trinajstić information content (AvgIpc) is 2.75. The molecule has 0 atom stereocenters. The third-order valence-corrected chi connectivity index (χ3v) is 4.53. The third kappa shape index (κ3) is 4.19. The molecule has 2 aromatic heterocycles. The van der Waals surface area contributed by atoms with Gasteiger partial charge in [-0.1, -0.05) is 30.3 Å². The van der Waals surface area contributed by atoms with Crippen molar-refractivity contribution in [3.8, 4) is 0 Å². The highest BCUT2D eigenvalue weighted by Crippen LogP contribution is 2.10. The summed E-state index contributed by atoms with van der Waals surface area (Å²) >= 11 is 0. The maximum absolute atomic E-state index is 12.6. The van der Waals surface area contributed by atoms with E-state index in [9.17, 15) is 19.2 Å². The smallest absolute Gasteiger partial charge is 0.340 e. The summed E-state index contributed by atoms with van der Waals surface area (Å²) in [6, 6.07) is 12.1. The van der Waals surface area contributed by atoms with Gasteiger partial charge in [-0.25, -0.2) is 9.59 Å². The number of esters is 1. The van der Waals surface area contributed by atoms with Crippen molar-refractivity contribution in [1.82, 2.24) is 14.1 Å². The number of nitrogen functional groups attached to an aromatic ring is 1. The summed E-state index contributed by atoms with van der Waals surface area (Å²) < 4.78 is 6.94. The first-order valence-corrected chi connectivity index (χ1v) is 9.05. The number of aromatic nitrogens is 3. The number of pyridine rings is 1. The van der Waals surface area contributed by atoms with E-state index in [4.69, 9.17) is 10.5 Å². The minimum absolute atomic E-state index is 0.0781. The highest BCUT2D eigenvalue weighted by atomic mass is 16.5. The lowest BCUT2D eigenvalue weighted by Gasteiger charge is -2.14. The molecule has 0 aliphatic heterocycles. The highest BCUT2D eigenvalue weighted by molar-refractivity contribution is 6.02. The molecule has 0 saturated carbocycles. The van der Waals surface area contributed by atoms with E-state index >= 15 is 0 Å². The molecule has 2 heterocycles. The van der Waals surface area contributed by atoms with Crippen molar-refractivity contribution < 1.29 is 14.3 Å². The molecule has 0 fully saturated rings. The molecule has 2 N–H and O–H groups in total. The van der Waals surface area contributed by atoms with Crippen LogP contribution >= 0.6 is 0 Å². The molecule has 0 aliphatic rings. The van der Waals surface area contributed by atoms with Crippen LogP contribution in [-0.4, -0.2) is 32.5 Å². The van der Waals surface area contributed by atoms with Crippen molar-refractivity contribution >= 4 is 17.6 Å². The molecule has 0 radical (unpaired) electrons. The van der Waals surface area contributed by atoms with Crippen LogP contribution in [0.25, 0.3) is 0 Å². The van der Waals surface area contributed by atoms with Gasteiger partial charge in [0.1, 0.15) is 11.4 Å². The normalized spacial score (nSPS) is 10.6. The lowest BCUT2D eigenvalue weighted by Crippen LogP contribution is -2.43. The lowest BCUT2D eigenvalue weighted by atomic mass is 10.2. The van der Waals surface area contributed by atoms with Crippen molar-refractivity contribution in [2.24, 2.45) is 7.05 Å². The number of nitrogens with two attached hydrogens (primary N) is 1. The summed E-state index contributed by atoms with van der Waals surface area (Å²) in [6.45, 7) is 1.14. The topological polar surface area (TPSA) is 126 Å². The van der Waals surface area contributed by atoms with E-state index in [2.05, 4.69) is 4.98 Å². The zero-order valence-corrected chi connectivity index (χ0v) is 16.5. The van der Waals surface area contributed by atoms with Crippen molar-refractivity contribution in [1.29, 1.82) is 0 Å². The number of carbonyl (C=O) groups is 2. The van der Waals surface area contributed by atoms with Crippen LogP contribution in [-0.2, 0) is 18.3 Å². The first-order chi connectivity index (χ1) is 14.3. The van der Waals surface area contributed by atoms with Gasteiger partial charge in [0, 0.05) is 18.9 Å². The van der Waals surface area contributed by atoms with Gasteiger partial charge in [0.25, 0.3) is 5.56 Å². The van der Waals surface area contributed by atoms with Crippen LogP contribution in [0.4, 0.5) is 5.82 Å². The highest BCUT2D eigenvalue weighted by Gasteiger charge is 2.23. The van der Waals surface area contributed by atoms with Crippen molar-refractivity contribution in [2.75, 3.05) is 12.3 Å². The first kappa shape index (κ1) is 20.7. The van der Waals surface area contributed by atoms with E-state index in [0.29, 0.717) is 0 Å². The van der Waals surface area contributed by atoms with E-state index in [1.165, 1.54) is 19.3 Å². The Hall–Kier alpha value is -4.01. The second-order valence-corrected chi connectivity index (χ2v) is 6.67. The van der Waals surface area contributed by atoms with Crippen molar-refractivity contribution in [3.63, 3.8) is 0 Å². The van der Waals surface area contributed by atoms with Crippen LogP contribution in [0.2, 0.25) is 0 Å². The second-order valence-electron chi connectivity index (χ2n) is 6.67. The summed E-state index contributed by atoms with van der Waals surface area (Å²) in [5.41, 5.74) is 5.77. The fraction of sp³-hybridized carbons (Fsp3) is 0.190. The number of hydrogen-bond donors (Lipinski definition) is 1. The Balaban J connectivity index is 1.88. The van der Waals surface area contributed by atoms with Gasteiger partial charge >= 0.3 is 11.7 Å². The van der Waals surface area contributed by atoms with Crippen molar-refractivity contribution in [2.45, 2.75) is 13.5 Å². The van der Waals surface area contributed by atoms with Gasteiger partial charge < -0.3 is 10.5 Å². The minimum atomic E-state index is -0.847. The Morgan fingerprint density at radius 2 is 1.80 bits per heavy atom. The quantitative estimate of drug-likeness (QED) is 0.475. The SMILES string of the molecule is Cc1ccc(C(=O)OCC(=O)c2c(N)n(Cc3ccccc3)c(=O)n(C)c2=O)cn1. The predicted molar refractivity (Wildman–Crippen MR) is 109 cm³/mol. The summed E-state index contributed by atoms with van der Waals surface area (Å²) in [7, 11) is 1.26. The fourth-order valence-electron chi connectivity index (χ4n) is 2.84. The molecule has 9 heteroatoms. The molecule has 1 aromatic carbocycles. The minimum Gasteiger partial charge on any atom is -0.454 e. The Bertz CT molecular complexity index is 1210. The number of hydrogen-bond acceptors (Lipinski definition) is 7. The van der Waals surface area contributed by atoms with Crippen LogP contribution < -0.4 is 17.0 Å². The monoisotopic (exact) mass is 408 g/mol. The molecule has 9 nitrogen and oxygen atoms in total. The Kier molecular flexibility index (Phi) is 5.91. The largest absolute Gasteiger partial charge is 0.454 e. The maximum atomic E-state index is 12.6. The number of Topliss-reactive ketones (excluding diaryl/α,β-unsaturated/α-hetero) is 1. The lowest BCUT2D eigenvalue weighted by molar-refractivity contribution is 0.0473. The van der Waals surface area contributed by atoms with Crippen LogP contribution in [0.15, 0.2) is 58.3 Å². The Morgan fingerprint density at radius 3 is 2.43 bits per heavy atom. The van der Waals surface area contributed by atoms with Crippen LogP contribution in [0.3, 0.4) is 0 Å². The summed E-state index contributed by atoms with van der Waals surface area (Å²) in [4.78, 5) is 53.8. The first-order valence-electron chi connectivity index (χ1n) is 9.05. The fourth-order valence-corrected chi connectivity index (χ4v) is 2.84. The number of nitrogens with zero attached hydrogens (tertiary/aromatic N) is 3. The molecule has 3 aromatic rings. The van der Waals surface area contributed by atoms with Crippen LogP contribution in [0.5, 0.6) is 0 Å². The summed E-state index contributed by atoms with van der Waals surface area (Å²) in [6.07, 6.45) is 1.33. The van der Waals surface area contributed by atoms with Gasteiger partial charge in [0.2, 0.25) is 5.78 Å². The molecule has 0 unspecified atom stereocenters. The molecule has 0 aliphatic carbocycles. The molecule has 154 valence electrons. The van der Waals surface area contributed by atoms with Gasteiger partial charge in [-0.05, 0) is 24.6 Å². The number of anilines is 1. The predicted octanol–water partition coefficient (Wildman–Crippen LogP) is 0.921. The number of carbonyl (C=O) groups excluding carboxylic acids is 2. The summed E-state index contributed by atoms with van der Waals surface area (Å²) in [5, 5.41) is 0.